The number of Topliss-reactive ketones (excluding diaryl/α,β-unsaturated/α-hetero) is 1. The molecule has 1 fully saturated rings. The molecule has 4 heteroatoms. The van der Waals surface area contributed by atoms with E-state index in [1.807, 2.05) is 18.2 Å². The molecule has 1 aliphatic heterocycles. The summed E-state index contributed by atoms with van der Waals surface area (Å²) in [4.78, 5) is 14.1. The summed E-state index contributed by atoms with van der Waals surface area (Å²) < 4.78 is 14.2. The molecule has 0 radical (unpaired) electrons. The Morgan fingerprint density at radius 3 is 2.66 bits per heavy atom. The van der Waals surface area contributed by atoms with Gasteiger partial charge in [-0.05, 0) is 42.5 Å². The van der Waals surface area contributed by atoms with Gasteiger partial charge in [0, 0.05) is 42.0 Å². The van der Waals surface area contributed by atoms with E-state index < -0.39 is 0 Å². The molecule has 2 aliphatic carbocycles. The summed E-state index contributed by atoms with van der Waals surface area (Å²) in [5.74, 6) is 1.09. The van der Waals surface area contributed by atoms with Crippen molar-refractivity contribution in [2.75, 3.05) is 13.7 Å². The topological polar surface area (TPSA) is 40.5 Å². The molecule has 3 atom stereocenters. The zero-order valence-corrected chi connectivity index (χ0v) is 18.5. The van der Waals surface area contributed by atoms with E-state index in [0.29, 0.717) is 5.92 Å². The lowest BCUT2D eigenvalue weighted by Crippen LogP contribution is -2.36. The van der Waals surface area contributed by atoms with Crippen LogP contribution in [-0.2, 0) is 22.9 Å². The first-order chi connectivity index (χ1) is 15.7. The molecule has 0 N–H and O–H groups in total. The highest BCUT2D eigenvalue weighted by atomic mass is 16.5. The lowest BCUT2D eigenvalue weighted by Gasteiger charge is -2.39. The monoisotopic (exact) mass is 425 g/mol. The van der Waals surface area contributed by atoms with Gasteiger partial charge in [0.05, 0.1) is 24.5 Å². The number of hydrogen-bond donors (Lipinski definition) is 0. The predicted molar refractivity (Wildman–Crippen MR) is 125 cm³/mol. The zero-order valence-electron chi connectivity index (χ0n) is 18.5. The van der Waals surface area contributed by atoms with Crippen molar-refractivity contribution in [2.24, 2.45) is 18.9 Å². The number of hydrogen-bond acceptors (Lipinski definition) is 3. The van der Waals surface area contributed by atoms with Gasteiger partial charge >= 0.3 is 0 Å². The zero-order chi connectivity index (χ0) is 21.8. The molecule has 4 nitrogen and oxygen atoms in total. The molecule has 1 aromatic heterocycles. The Bertz CT molecular complexity index is 1280. The van der Waals surface area contributed by atoms with E-state index in [4.69, 9.17) is 9.47 Å². The molecule has 0 saturated carbocycles. The van der Waals surface area contributed by atoms with Crippen molar-refractivity contribution in [3.63, 3.8) is 0 Å². The number of fused-ring (bicyclic) bond motifs is 7. The number of rotatable bonds is 4. The third-order valence-corrected chi connectivity index (χ3v) is 7.41. The molecule has 0 unspecified atom stereocenters. The molecule has 0 spiro atoms. The van der Waals surface area contributed by atoms with Crippen LogP contribution in [0.4, 0.5) is 0 Å². The predicted octanol–water partition coefficient (Wildman–Crippen LogP) is 5.33. The van der Waals surface area contributed by atoms with Gasteiger partial charge in [-0.2, -0.15) is 0 Å². The van der Waals surface area contributed by atoms with Gasteiger partial charge in [0.1, 0.15) is 5.76 Å². The summed E-state index contributed by atoms with van der Waals surface area (Å²) >= 11 is 0. The van der Waals surface area contributed by atoms with E-state index in [1.165, 1.54) is 11.1 Å². The highest BCUT2D eigenvalue weighted by molar-refractivity contribution is 6.15. The van der Waals surface area contributed by atoms with Gasteiger partial charge in [0.15, 0.2) is 5.78 Å². The van der Waals surface area contributed by atoms with E-state index >= 15 is 0 Å². The summed E-state index contributed by atoms with van der Waals surface area (Å²) in [6.45, 7) is 0.754. The first-order valence-corrected chi connectivity index (χ1v) is 11.5. The average molecular weight is 426 g/mol. The maximum atomic E-state index is 14.1. The second kappa shape index (κ2) is 7.49. The SMILES string of the molecule is CO/C1=C/[C@H](CCc2ccccc2)C(=O)c2c(n(C)c3ccccc23)C2=C1[C@@H]1OCC[C@H]21. The van der Waals surface area contributed by atoms with Crippen LogP contribution >= 0.6 is 0 Å². The maximum absolute atomic E-state index is 14.1. The fraction of sp³-hybridized carbons (Fsp3) is 0.321. The van der Waals surface area contributed by atoms with Gasteiger partial charge in [-0.3, -0.25) is 4.79 Å². The number of para-hydroxylation sites is 1. The molecule has 6 rings (SSSR count). The Labute approximate surface area is 188 Å². The van der Waals surface area contributed by atoms with Crippen LogP contribution in [0, 0.1) is 11.8 Å². The molecule has 2 heterocycles. The highest BCUT2D eigenvalue weighted by Gasteiger charge is 2.50. The lowest BCUT2D eigenvalue weighted by molar-refractivity contribution is 0.0927. The number of nitrogens with zero attached hydrogens (tertiary/aromatic N) is 1. The van der Waals surface area contributed by atoms with Crippen molar-refractivity contribution < 1.29 is 14.3 Å². The van der Waals surface area contributed by atoms with Gasteiger partial charge in [-0.1, -0.05) is 48.5 Å². The Kier molecular flexibility index (Phi) is 4.58. The quantitative estimate of drug-likeness (QED) is 0.568. The first kappa shape index (κ1) is 19.6. The number of aromatic nitrogens is 1. The number of carbonyl (C=O) groups excluding carboxylic acids is 1. The second-order valence-electron chi connectivity index (χ2n) is 9.04. The fourth-order valence-electron chi connectivity index (χ4n) is 5.85. The van der Waals surface area contributed by atoms with Crippen molar-refractivity contribution in [1.82, 2.24) is 4.57 Å². The fourth-order valence-corrected chi connectivity index (χ4v) is 5.85. The standard InChI is InChI=1S/C28H27NO3/c1-29-21-11-7-6-10-19(21)24-26(29)23-20-14-15-32-28(20)25(23)22(31-2)16-18(27(24)30)13-12-17-8-4-3-5-9-17/h3-11,16,18,20,28H,12-15H2,1-2H3/b22-16+/t18-,20+,28+/m0/s1. The van der Waals surface area contributed by atoms with E-state index in [9.17, 15) is 4.79 Å². The first-order valence-electron chi connectivity index (χ1n) is 11.5. The molecule has 3 aliphatic rings. The molecular formula is C28H27NO3. The van der Waals surface area contributed by atoms with E-state index in [1.54, 1.807) is 7.11 Å². The van der Waals surface area contributed by atoms with Crippen LogP contribution in [0.3, 0.4) is 0 Å². The summed E-state index contributed by atoms with van der Waals surface area (Å²) in [7, 11) is 3.79. The third kappa shape index (κ3) is 2.75. The van der Waals surface area contributed by atoms with E-state index in [2.05, 4.69) is 54.1 Å². The van der Waals surface area contributed by atoms with Gasteiger partial charge in [0.2, 0.25) is 0 Å². The van der Waals surface area contributed by atoms with Crippen LogP contribution in [0.15, 0.2) is 72.0 Å². The molecular weight excluding hydrogens is 398 g/mol. The van der Waals surface area contributed by atoms with E-state index in [0.717, 1.165) is 59.4 Å². The van der Waals surface area contributed by atoms with Crippen LogP contribution in [0.25, 0.3) is 16.5 Å². The van der Waals surface area contributed by atoms with Crippen molar-refractivity contribution in [3.8, 4) is 0 Å². The maximum Gasteiger partial charge on any atom is 0.172 e. The van der Waals surface area contributed by atoms with Crippen molar-refractivity contribution in [2.45, 2.75) is 25.4 Å². The van der Waals surface area contributed by atoms with Gasteiger partial charge < -0.3 is 14.0 Å². The van der Waals surface area contributed by atoms with Crippen LogP contribution in [-0.4, -0.2) is 30.2 Å². The smallest absolute Gasteiger partial charge is 0.172 e. The van der Waals surface area contributed by atoms with Crippen molar-refractivity contribution >= 4 is 22.3 Å². The highest BCUT2D eigenvalue weighted by Crippen LogP contribution is 2.54. The van der Waals surface area contributed by atoms with Crippen LogP contribution in [0.1, 0.15) is 34.5 Å². The molecule has 162 valence electrons. The normalized spacial score (nSPS) is 25.9. The summed E-state index contributed by atoms with van der Waals surface area (Å²) in [5, 5.41) is 1.04. The number of methoxy groups -OCH3 is 1. The van der Waals surface area contributed by atoms with Crippen molar-refractivity contribution in [1.29, 1.82) is 0 Å². The van der Waals surface area contributed by atoms with Crippen LogP contribution in [0.2, 0.25) is 0 Å². The molecule has 3 aromatic rings. The molecule has 1 saturated heterocycles. The van der Waals surface area contributed by atoms with E-state index in [-0.39, 0.29) is 17.8 Å². The van der Waals surface area contributed by atoms with Gasteiger partial charge in [-0.15, -0.1) is 0 Å². The minimum Gasteiger partial charge on any atom is -0.497 e. The average Bonchev–Trinajstić information content (AvgIpc) is 3.35. The van der Waals surface area contributed by atoms with Crippen LogP contribution in [0.5, 0.6) is 0 Å². The number of allylic oxidation sites excluding steroid dienone is 1. The number of ether oxygens (including phenoxy) is 2. The Balaban J connectivity index is 1.54. The Morgan fingerprint density at radius 2 is 1.84 bits per heavy atom. The molecule has 2 aromatic carbocycles. The minimum absolute atomic E-state index is 0.0741. The Hall–Kier alpha value is -3.11. The third-order valence-electron chi connectivity index (χ3n) is 7.41. The number of benzene rings is 2. The summed E-state index contributed by atoms with van der Waals surface area (Å²) in [6.07, 6.45) is 4.72. The lowest BCUT2D eigenvalue weighted by atomic mass is 9.69. The Morgan fingerprint density at radius 1 is 1.06 bits per heavy atom. The molecule has 0 amide bonds. The number of ketones is 1. The van der Waals surface area contributed by atoms with Crippen molar-refractivity contribution in [3.05, 3.63) is 88.8 Å². The largest absolute Gasteiger partial charge is 0.497 e. The van der Waals surface area contributed by atoms with Gasteiger partial charge in [-0.25, -0.2) is 0 Å². The summed E-state index contributed by atoms with van der Waals surface area (Å²) in [6, 6.07) is 18.7. The second-order valence-corrected chi connectivity index (χ2v) is 9.04. The summed E-state index contributed by atoms with van der Waals surface area (Å²) in [5.41, 5.74) is 6.65. The minimum atomic E-state index is -0.246. The number of carbonyl (C=O) groups is 1. The van der Waals surface area contributed by atoms with Crippen LogP contribution < -0.4 is 0 Å². The number of aryl methyl sites for hydroxylation is 2. The molecule has 32 heavy (non-hydrogen) atoms. The molecule has 0 bridgehead atoms. The van der Waals surface area contributed by atoms with Gasteiger partial charge in [0.25, 0.3) is 0 Å².